The van der Waals surface area contributed by atoms with Gasteiger partial charge >= 0.3 is 0 Å². The first-order valence-electron chi connectivity index (χ1n) is 10.5. The fourth-order valence-corrected chi connectivity index (χ4v) is 5.62. The minimum atomic E-state index is -3.78. The average Bonchev–Trinajstić information content (AvgIpc) is 3.24. The molecule has 3 rings (SSSR count). The van der Waals surface area contributed by atoms with Crippen molar-refractivity contribution in [2.45, 2.75) is 4.90 Å². The van der Waals surface area contributed by atoms with E-state index in [1.54, 1.807) is 12.1 Å². The summed E-state index contributed by atoms with van der Waals surface area (Å²) in [5, 5.41) is 0.381. The number of rotatable bonds is 11. The van der Waals surface area contributed by atoms with Crippen LogP contribution in [0.5, 0.6) is 0 Å². The van der Waals surface area contributed by atoms with Crippen molar-refractivity contribution in [3.8, 4) is 0 Å². The van der Waals surface area contributed by atoms with Gasteiger partial charge in [0, 0.05) is 31.7 Å². The summed E-state index contributed by atoms with van der Waals surface area (Å²) in [5.41, 5.74) is 0.521. The van der Waals surface area contributed by atoms with Gasteiger partial charge < -0.3 is 4.90 Å². The molecule has 1 heterocycles. The number of para-hydroxylation sites is 1. The number of hydrogen-bond acceptors (Lipinski definition) is 6. The summed E-state index contributed by atoms with van der Waals surface area (Å²) in [4.78, 5) is 21.3. The molecule has 0 bridgehead atoms. The van der Waals surface area contributed by atoms with Gasteiger partial charge in [0.15, 0.2) is 5.13 Å². The van der Waals surface area contributed by atoms with Crippen LogP contribution in [-0.2, 0) is 10.0 Å². The van der Waals surface area contributed by atoms with Crippen LogP contribution in [0, 0.1) is 5.82 Å². The first kappa shape index (κ1) is 28.6. The van der Waals surface area contributed by atoms with E-state index in [4.69, 9.17) is 0 Å². The summed E-state index contributed by atoms with van der Waals surface area (Å²) in [7, 11) is -0.00153. The Morgan fingerprint density at radius 3 is 2.23 bits per heavy atom. The topological polar surface area (TPSA) is 73.8 Å². The van der Waals surface area contributed by atoms with Crippen molar-refractivity contribution in [3.05, 3.63) is 79.2 Å². The van der Waals surface area contributed by atoms with Gasteiger partial charge in [-0.15, -0.1) is 25.6 Å². The van der Waals surface area contributed by atoms with Crippen LogP contribution in [0.4, 0.5) is 9.52 Å². The van der Waals surface area contributed by atoms with Gasteiger partial charge in [0.1, 0.15) is 11.3 Å². The summed E-state index contributed by atoms with van der Waals surface area (Å²) in [6.07, 6.45) is 3.00. The van der Waals surface area contributed by atoms with Crippen LogP contribution >= 0.6 is 23.7 Å². The quantitative estimate of drug-likeness (QED) is 0.338. The summed E-state index contributed by atoms with van der Waals surface area (Å²) in [6, 6.07) is 10.5. The van der Waals surface area contributed by atoms with Crippen LogP contribution in [0.1, 0.15) is 10.4 Å². The molecule has 0 N–H and O–H groups in total. The smallest absolute Gasteiger partial charge is 0.260 e. The Hall–Kier alpha value is -2.63. The van der Waals surface area contributed by atoms with Crippen molar-refractivity contribution < 1.29 is 17.6 Å². The van der Waals surface area contributed by atoms with Gasteiger partial charge in [-0.05, 0) is 50.5 Å². The van der Waals surface area contributed by atoms with Crippen molar-refractivity contribution in [3.63, 3.8) is 0 Å². The van der Waals surface area contributed by atoms with Crippen LogP contribution in [0.2, 0.25) is 0 Å². The molecule has 11 heteroatoms. The molecule has 0 aliphatic rings. The maximum absolute atomic E-state index is 14.2. The largest absolute Gasteiger partial charge is 0.308 e. The molecular formula is C24H28ClFN4O3S2. The summed E-state index contributed by atoms with van der Waals surface area (Å²) >= 11 is 1.23. The monoisotopic (exact) mass is 538 g/mol. The maximum Gasteiger partial charge on any atom is 0.260 e. The lowest BCUT2D eigenvalue weighted by atomic mass is 10.2. The number of likely N-dealkylation sites (N-methyl/N-ethyl adjacent to an activating group) is 1. The number of fused-ring (bicyclic) bond motifs is 1. The van der Waals surface area contributed by atoms with Gasteiger partial charge in [-0.3, -0.25) is 9.69 Å². The highest BCUT2D eigenvalue weighted by Crippen LogP contribution is 2.31. The van der Waals surface area contributed by atoms with E-state index in [0.717, 1.165) is 0 Å². The Morgan fingerprint density at radius 1 is 1.06 bits per heavy atom. The van der Waals surface area contributed by atoms with E-state index in [1.807, 2.05) is 19.0 Å². The fraction of sp³-hybridized carbons (Fsp3) is 0.250. The minimum Gasteiger partial charge on any atom is -0.308 e. The second-order valence-electron chi connectivity index (χ2n) is 7.77. The molecule has 0 spiro atoms. The van der Waals surface area contributed by atoms with Gasteiger partial charge in [-0.25, -0.2) is 17.8 Å². The molecule has 0 radical (unpaired) electrons. The number of benzene rings is 2. The third-order valence-electron chi connectivity index (χ3n) is 5.01. The van der Waals surface area contributed by atoms with E-state index in [2.05, 4.69) is 18.1 Å². The predicted octanol–water partition coefficient (Wildman–Crippen LogP) is 4.43. The molecule has 0 saturated carbocycles. The zero-order valence-electron chi connectivity index (χ0n) is 19.6. The molecule has 1 aromatic heterocycles. The fourth-order valence-electron chi connectivity index (χ4n) is 3.24. The minimum absolute atomic E-state index is 0. The molecule has 0 atom stereocenters. The third-order valence-corrected chi connectivity index (χ3v) is 7.90. The Labute approximate surface area is 215 Å². The lowest BCUT2D eigenvalue weighted by molar-refractivity contribution is 0.0985. The first-order chi connectivity index (χ1) is 16.2. The second-order valence-corrected chi connectivity index (χ2v) is 10.7. The van der Waals surface area contributed by atoms with E-state index in [1.165, 1.54) is 63.0 Å². The number of nitrogens with zero attached hydrogens (tertiary/aromatic N) is 4. The van der Waals surface area contributed by atoms with Crippen LogP contribution in [0.3, 0.4) is 0 Å². The van der Waals surface area contributed by atoms with Crippen LogP contribution in [-0.4, -0.2) is 68.8 Å². The number of aromatic nitrogens is 1. The van der Waals surface area contributed by atoms with Gasteiger partial charge in [0.2, 0.25) is 10.0 Å². The van der Waals surface area contributed by atoms with Gasteiger partial charge in [-0.2, -0.15) is 4.31 Å². The molecular weight excluding hydrogens is 511 g/mol. The van der Waals surface area contributed by atoms with Crippen molar-refractivity contribution in [1.82, 2.24) is 14.2 Å². The Morgan fingerprint density at radius 2 is 1.69 bits per heavy atom. The molecule has 7 nitrogen and oxygen atoms in total. The van der Waals surface area contributed by atoms with E-state index < -0.39 is 15.8 Å². The number of carbonyl (C=O) groups excluding carboxylic acids is 1. The normalized spacial score (nSPS) is 11.5. The number of hydrogen-bond donors (Lipinski definition) is 0. The molecule has 0 fully saturated rings. The van der Waals surface area contributed by atoms with E-state index in [9.17, 15) is 17.6 Å². The molecule has 0 unspecified atom stereocenters. The maximum atomic E-state index is 14.2. The first-order valence-corrected chi connectivity index (χ1v) is 12.8. The Kier molecular flexibility index (Phi) is 10.1. The zero-order valence-corrected chi connectivity index (χ0v) is 22.0. The molecule has 1 amide bonds. The lowest BCUT2D eigenvalue weighted by Gasteiger charge is -2.22. The predicted molar refractivity (Wildman–Crippen MR) is 143 cm³/mol. The van der Waals surface area contributed by atoms with Crippen molar-refractivity contribution in [2.24, 2.45) is 0 Å². The average molecular weight is 539 g/mol. The number of thiazole rings is 1. The molecule has 188 valence electrons. The molecule has 3 aromatic rings. The van der Waals surface area contributed by atoms with E-state index in [-0.39, 0.29) is 41.8 Å². The SMILES string of the molecule is C=CCN(CC=C)S(=O)(=O)c1ccc(C(=O)N(CCN(C)C)c2nc3c(F)cccc3s2)cc1.Cl. The number of anilines is 1. The molecule has 0 saturated heterocycles. The zero-order chi connectivity index (χ0) is 24.9. The van der Waals surface area contributed by atoms with Gasteiger partial charge in [-0.1, -0.05) is 29.6 Å². The summed E-state index contributed by atoms with van der Waals surface area (Å²) in [6.45, 7) is 8.39. The number of carbonyl (C=O) groups is 1. The summed E-state index contributed by atoms with van der Waals surface area (Å²) < 4.78 is 42.0. The third kappa shape index (κ3) is 6.53. The van der Waals surface area contributed by atoms with Crippen LogP contribution in [0.15, 0.2) is 72.7 Å². The van der Waals surface area contributed by atoms with Crippen LogP contribution < -0.4 is 4.90 Å². The second kappa shape index (κ2) is 12.4. The number of halogens is 2. The highest BCUT2D eigenvalue weighted by atomic mass is 35.5. The van der Waals surface area contributed by atoms with E-state index >= 15 is 0 Å². The van der Waals surface area contributed by atoms with Crippen LogP contribution in [0.25, 0.3) is 10.2 Å². The van der Waals surface area contributed by atoms with Crippen molar-refractivity contribution >= 4 is 55.0 Å². The Balaban J connectivity index is 0.00000432. The molecule has 0 aliphatic heterocycles. The van der Waals surface area contributed by atoms with Gasteiger partial charge in [0.05, 0.1) is 9.60 Å². The van der Waals surface area contributed by atoms with Crippen molar-refractivity contribution in [2.75, 3.05) is 45.2 Å². The highest BCUT2D eigenvalue weighted by molar-refractivity contribution is 7.89. The van der Waals surface area contributed by atoms with E-state index in [0.29, 0.717) is 28.5 Å². The van der Waals surface area contributed by atoms with Gasteiger partial charge in [0.25, 0.3) is 5.91 Å². The standard InChI is InChI=1S/C24H27FN4O3S2.ClH/c1-5-14-28(15-6-2)34(31,32)19-12-10-18(11-13-19)23(30)29(17-16-27(3)4)24-26-22-20(25)8-7-9-21(22)33-24;/h5-13H,1-2,14-17H2,3-4H3;1H. The number of amides is 1. The molecule has 0 aliphatic carbocycles. The molecule has 2 aromatic carbocycles. The highest BCUT2D eigenvalue weighted by Gasteiger charge is 2.25. The summed E-state index contributed by atoms with van der Waals surface area (Å²) in [5.74, 6) is -0.794. The lowest BCUT2D eigenvalue weighted by Crippen LogP contribution is -2.36. The number of sulfonamides is 1. The molecule has 35 heavy (non-hydrogen) atoms. The van der Waals surface area contributed by atoms with Crippen molar-refractivity contribution in [1.29, 1.82) is 0 Å². The Bertz CT molecular complexity index is 1280.